The van der Waals surface area contributed by atoms with Gasteiger partial charge < -0.3 is 19.3 Å². The third-order valence-corrected chi connectivity index (χ3v) is 8.83. The van der Waals surface area contributed by atoms with Crippen molar-refractivity contribution in [2.45, 2.75) is 38.5 Å². The lowest BCUT2D eigenvalue weighted by Crippen LogP contribution is -2.30. The number of piperidine rings is 2. The van der Waals surface area contributed by atoms with Crippen LogP contribution in [0.2, 0.25) is 0 Å². The highest BCUT2D eigenvalue weighted by Gasteiger charge is 2.24. The van der Waals surface area contributed by atoms with E-state index < -0.39 is 0 Å². The molecular formula is C32H40N2O2. The van der Waals surface area contributed by atoms with Crippen LogP contribution in [-0.4, -0.2) is 63.3 Å². The molecule has 36 heavy (non-hydrogen) atoms. The van der Waals surface area contributed by atoms with Crippen LogP contribution in [0.4, 0.5) is 0 Å². The highest BCUT2D eigenvalue weighted by atomic mass is 16.5. The van der Waals surface area contributed by atoms with Gasteiger partial charge in [0.1, 0.15) is 11.5 Å². The summed E-state index contributed by atoms with van der Waals surface area (Å²) in [5, 5.41) is 2.56. The molecule has 4 nitrogen and oxygen atoms in total. The van der Waals surface area contributed by atoms with Crippen molar-refractivity contribution in [3.8, 4) is 33.8 Å². The minimum absolute atomic E-state index is 0.792. The summed E-state index contributed by atoms with van der Waals surface area (Å²) in [4.78, 5) is 4.87. The van der Waals surface area contributed by atoms with E-state index in [1.807, 2.05) is 0 Å². The number of nitrogens with zero attached hydrogens (tertiary/aromatic N) is 2. The van der Waals surface area contributed by atoms with Crippen molar-refractivity contribution in [1.82, 2.24) is 9.80 Å². The summed E-state index contributed by atoms with van der Waals surface area (Å²) in [6, 6.07) is 17.7. The molecule has 3 aromatic rings. The van der Waals surface area contributed by atoms with Crippen molar-refractivity contribution < 1.29 is 9.47 Å². The summed E-state index contributed by atoms with van der Waals surface area (Å²) >= 11 is 0. The lowest BCUT2D eigenvalue weighted by atomic mass is 9.94. The van der Waals surface area contributed by atoms with E-state index in [1.54, 1.807) is 0 Å². The smallest absolute Gasteiger partial charge is 0.127 e. The molecule has 2 aliphatic heterocycles. The maximum atomic E-state index is 6.39. The maximum Gasteiger partial charge on any atom is 0.127 e. The summed E-state index contributed by atoms with van der Waals surface area (Å²) in [5.74, 6) is 3.60. The molecule has 0 unspecified atom stereocenters. The third-order valence-electron chi connectivity index (χ3n) is 8.83. The van der Waals surface area contributed by atoms with Crippen molar-refractivity contribution in [2.75, 3.05) is 53.5 Å². The molecule has 1 aliphatic carbocycles. The van der Waals surface area contributed by atoms with Gasteiger partial charge in [0.15, 0.2) is 0 Å². The average Bonchev–Trinajstić information content (AvgIpc) is 3.22. The van der Waals surface area contributed by atoms with E-state index >= 15 is 0 Å². The summed E-state index contributed by atoms with van der Waals surface area (Å²) in [7, 11) is 4.45. The van der Waals surface area contributed by atoms with Gasteiger partial charge in [-0.15, -0.1) is 0 Å². The van der Waals surface area contributed by atoms with Crippen LogP contribution in [0.15, 0.2) is 48.5 Å². The predicted octanol–water partition coefficient (Wildman–Crippen LogP) is 6.71. The van der Waals surface area contributed by atoms with Crippen LogP contribution >= 0.6 is 0 Å². The highest BCUT2D eigenvalue weighted by Crippen LogP contribution is 2.50. The van der Waals surface area contributed by atoms with E-state index in [1.165, 1.54) is 84.9 Å². The summed E-state index contributed by atoms with van der Waals surface area (Å²) in [5.41, 5.74) is 5.22. The first-order valence-electron chi connectivity index (χ1n) is 14.0. The van der Waals surface area contributed by atoms with Crippen LogP contribution in [0, 0.1) is 11.8 Å². The molecule has 3 aliphatic rings. The van der Waals surface area contributed by atoms with Gasteiger partial charge >= 0.3 is 0 Å². The quantitative estimate of drug-likeness (QED) is 0.278. The largest absolute Gasteiger partial charge is 0.494 e. The van der Waals surface area contributed by atoms with Crippen LogP contribution < -0.4 is 9.47 Å². The molecule has 3 aromatic carbocycles. The number of benzene rings is 3. The number of likely N-dealkylation sites (tertiary alicyclic amines) is 2. The van der Waals surface area contributed by atoms with Crippen LogP contribution in [0.3, 0.4) is 0 Å². The van der Waals surface area contributed by atoms with Gasteiger partial charge in [0.25, 0.3) is 0 Å². The predicted molar refractivity (Wildman–Crippen MR) is 149 cm³/mol. The van der Waals surface area contributed by atoms with E-state index in [-0.39, 0.29) is 0 Å². The number of hydrogen-bond acceptors (Lipinski definition) is 4. The van der Waals surface area contributed by atoms with E-state index in [0.717, 1.165) is 49.4 Å². The molecule has 2 saturated heterocycles. The topological polar surface area (TPSA) is 24.9 Å². The molecule has 0 spiro atoms. The number of fused-ring (bicyclic) bond motifs is 3. The minimum atomic E-state index is 0.792. The minimum Gasteiger partial charge on any atom is -0.494 e. The van der Waals surface area contributed by atoms with Gasteiger partial charge in [-0.1, -0.05) is 30.3 Å². The Morgan fingerprint density at radius 2 is 1.28 bits per heavy atom. The van der Waals surface area contributed by atoms with Gasteiger partial charge in [-0.2, -0.15) is 0 Å². The number of hydrogen-bond donors (Lipinski definition) is 0. The fourth-order valence-corrected chi connectivity index (χ4v) is 6.41. The third kappa shape index (κ3) is 4.86. The fourth-order valence-electron chi connectivity index (χ4n) is 6.41. The molecule has 2 heterocycles. The Morgan fingerprint density at radius 3 is 1.97 bits per heavy atom. The van der Waals surface area contributed by atoms with Crippen LogP contribution in [0.5, 0.6) is 11.5 Å². The Morgan fingerprint density at radius 1 is 0.667 bits per heavy atom. The van der Waals surface area contributed by atoms with Gasteiger partial charge in [-0.25, -0.2) is 0 Å². The monoisotopic (exact) mass is 484 g/mol. The summed E-state index contributed by atoms with van der Waals surface area (Å²) in [6.45, 7) is 6.47. The van der Waals surface area contributed by atoms with E-state index in [9.17, 15) is 0 Å². The highest BCUT2D eigenvalue weighted by molar-refractivity contribution is 6.16. The first-order valence-corrected chi connectivity index (χ1v) is 14.0. The lowest BCUT2D eigenvalue weighted by molar-refractivity contribution is 0.187. The van der Waals surface area contributed by atoms with Gasteiger partial charge in [0, 0.05) is 10.8 Å². The Kier molecular flexibility index (Phi) is 6.90. The zero-order valence-electron chi connectivity index (χ0n) is 22.0. The zero-order chi connectivity index (χ0) is 24.5. The molecule has 0 N–H and O–H groups in total. The SMILES string of the molecule is CN1CCC(CCOc2ccc3c(c2)-c2cccc4c(OCCC5CCN(C)CC5)ccc-3c24)CC1. The Hall–Kier alpha value is -2.56. The standard InChI is InChI=1S/C32H40N2O2/c1-33-16-10-23(11-17-33)14-20-35-25-6-7-26-28-8-9-31(36-21-15-24-12-18-34(2)19-13-24)29-5-3-4-27(32(28)29)30(26)22-25/h3-9,22-24H,10-21H2,1-2H3. The molecule has 6 rings (SSSR count). The molecule has 0 aromatic heterocycles. The molecule has 2 fully saturated rings. The van der Waals surface area contributed by atoms with Gasteiger partial charge in [-0.05, 0) is 131 Å². The molecule has 0 atom stereocenters. The van der Waals surface area contributed by atoms with Crippen molar-refractivity contribution in [2.24, 2.45) is 11.8 Å². The van der Waals surface area contributed by atoms with E-state index in [4.69, 9.17) is 9.47 Å². The number of rotatable bonds is 8. The van der Waals surface area contributed by atoms with Gasteiger partial charge in [0.2, 0.25) is 0 Å². The molecule has 190 valence electrons. The second kappa shape index (κ2) is 10.4. The van der Waals surface area contributed by atoms with Crippen molar-refractivity contribution in [1.29, 1.82) is 0 Å². The van der Waals surface area contributed by atoms with E-state index in [0.29, 0.717) is 0 Å². The molecule has 0 bridgehead atoms. The first kappa shape index (κ1) is 23.8. The van der Waals surface area contributed by atoms with Crippen LogP contribution in [-0.2, 0) is 0 Å². The maximum absolute atomic E-state index is 6.39. The first-order chi connectivity index (χ1) is 17.7. The van der Waals surface area contributed by atoms with E-state index in [2.05, 4.69) is 72.4 Å². The van der Waals surface area contributed by atoms with Gasteiger partial charge in [-0.3, -0.25) is 0 Å². The van der Waals surface area contributed by atoms with Crippen molar-refractivity contribution in [3.05, 3.63) is 48.5 Å². The normalized spacial score (nSPS) is 19.1. The van der Waals surface area contributed by atoms with Gasteiger partial charge in [0.05, 0.1) is 13.2 Å². The second-order valence-electron chi connectivity index (χ2n) is 11.3. The molecule has 0 saturated carbocycles. The molecular weight excluding hydrogens is 444 g/mol. The fraction of sp³-hybridized carbons (Fsp3) is 0.500. The average molecular weight is 485 g/mol. The van der Waals surface area contributed by atoms with Crippen molar-refractivity contribution >= 4 is 10.8 Å². The number of ether oxygens (including phenoxy) is 2. The van der Waals surface area contributed by atoms with Crippen LogP contribution in [0.25, 0.3) is 33.0 Å². The zero-order valence-corrected chi connectivity index (χ0v) is 22.0. The summed E-state index contributed by atoms with van der Waals surface area (Å²) < 4.78 is 12.6. The van der Waals surface area contributed by atoms with Crippen molar-refractivity contribution in [3.63, 3.8) is 0 Å². The lowest BCUT2D eigenvalue weighted by Gasteiger charge is -2.28. The Labute approximate surface area is 216 Å². The molecule has 0 amide bonds. The summed E-state index contributed by atoms with van der Waals surface area (Å²) in [6.07, 6.45) is 7.48. The second-order valence-corrected chi connectivity index (χ2v) is 11.3. The van der Waals surface area contributed by atoms with Crippen LogP contribution in [0.1, 0.15) is 38.5 Å². The molecule has 4 heteroatoms. The Bertz CT molecular complexity index is 1210. The molecule has 0 radical (unpaired) electrons. The Balaban J connectivity index is 1.14.